The van der Waals surface area contributed by atoms with E-state index in [9.17, 15) is 4.79 Å². The van der Waals surface area contributed by atoms with Gasteiger partial charge in [-0.3, -0.25) is 4.79 Å². The van der Waals surface area contributed by atoms with Gasteiger partial charge in [0.2, 0.25) is 11.0 Å². The molecule has 0 fully saturated rings. The van der Waals surface area contributed by atoms with Crippen molar-refractivity contribution < 1.29 is 4.79 Å². The van der Waals surface area contributed by atoms with Crippen LogP contribution in [0.25, 0.3) is 0 Å². The molecule has 130 valence electrons. The Morgan fingerprint density at radius 3 is 3.00 bits per heavy atom. The predicted octanol–water partition coefficient (Wildman–Crippen LogP) is 3.73. The van der Waals surface area contributed by atoms with Crippen molar-refractivity contribution in [3.63, 3.8) is 0 Å². The highest BCUT2D eigenvalue weighted by molar-refractivity contribution is 8.01. The number of carbonyl (C=O) groups excluding carboxylic acids is 1. The summed E-state index contributed by atoms with van der Waals surface area (Å²) >= 11 is 4.41. The van der Waals surface area contributed by atoms with E-state index in [1.54, 1.807) is 18.0 Å². The highest BCUT2D eigenvalue weighted by Crippen LogP contribution is 2.25. The molecule has 10 heteroatoms. The molecular weight excluding hydrogens is 376 g/mol. The summed E-state index contributed by atoms with van der Waals surface area (Å²) in [6, 6.07) is 3.87. The number of aryl methyl sites for hydroxylation is 1. The van der Waals surface area contributed by atoms with E-state index in [0.29, 0.717) is 16.0 Å². The van der Waals surface area contributed by atoms with Gasteiger partial charge in [-0.15, -0.1) is 21.5 Å². The van der Waals surface area contributed by atoms with Gasteiger partial charge in [0.25, 0.3) is 0 Å². The first-order valence-corrected chi connectivity index (χ1v) is 10.2. The molecule has 0 atom stereocenters. The minimum Gasteiger partial charge on any atom is -0.316 e. The van der Waals surface area contributed by atoms with Crippen molar-refractivity contribution in [3.05, 3.63) is 35.0 Å². The predicted molar refractivity (Wildman–Crippen MR) is 103 cm³/mol. The molecule has 0 saturated carbocycles. The Hall–Kier alpha value is -2.04. The normalized spacial score (nSPS) is 10.6. The van der Waals surface area contributed by atoms with Crippen molar-refractivity contribution in [2.45, 2.75) is 24.6 Å². The molecule has 3 aromatic rings. The standard InChI is InChI=1S/C15H16N6OS3/c1-3-23-15-21-20-14(25-15)19-12(22)7-10-8-24-13(17-10)18-11-6-9(2)4-5-16-11/h4-6,8H,3,7H2,1-2H3,(H,16,17,18)(H,19,20,22). The number of thiazole rings is 1. The minimum atomic E-state index is -0.158. The maximum absolute atomic E-state index is 12.1. The van der Waals surface area contributed by atoms with Gasteiger partial charge < -0.3 is 10.6 Å². The molecule has 0 aliphatic heterocycles. The van der Waals surface area contributed by atoms with Gasteiger partial charge in [0.05, 0.1) is 12.1 Å². The average molecular weight is 393 g/mol. The number of aromatic nitrogens is 4. The van der Waals surface area contributed by atoms with Crippen LogP contribution in [0.4, 0.5) is 16.1 Å². The van der Waals surface area contributed by atoms with Gasteiger partial charge >= 0.3 is 0 Å². The lowest BCUT2D eigenvalue weighted by Crippen LogP contribution is -2.14. The second-order valence-corrected chi connectivity index (χ2v) is 8.37. The summed E-state index contributed by atoms with van der Waals surface area (Å²) in [5.41, 5.74) is 1.82. The molecular formula is C15H16N6OS3. The average Bonchev–Trinajstić information content (AvgIpc) is 3.17. The Kier molecular flexibility index (Phi) is 5.95. The van der Waals surface area contributed by atoms with E-state index in [-0.39, 0.29) is 12.3 Å². The van der Waals surface area contributed by atoms with E-state index in [0.717, 1.165) is 21.5 Å². The van der Waals surface area contributed by atoms with Crippen LogP contribution in [0.2, 0.25) is 0 Å². The van der Waals surface area contributed by atoms with E-state index in [1.807, 2.05) is 31.4 Å². The van der Waals surface area contributed by atoms with Crippen LogP contribution < -0.4 is 10.6 Å². The topological polar surface area (TPSA) is 92.7 Å². The van der Waals surface area contributed by atoms with Crippen molar-refractivity contribution in [2.75, 3.05) is 16.4 Å². The smallest absolute Gasteiger partial charge is 0.232 e. The molecule has 7 nitrogen and oxygen atoms in total. The molecule has 2 N–H and O–H groups in total. The molecule has 0 unspecified atom stereocenters. The van der Waals surface area contributed by atoms with E-state index >= 15 is 0 Å². The Labute approximate surface area is 157 Å². The van der Waals surface area contributed by atoms with Gasteiger partial charge in [0, 0.05) is 11.6 Å². The molecule has 0 spiro atoms. The third-order valence-corrected chi connectivity index (χ3v) is 5.63. The van der Waals surface area contributed by atoms with E-state index < -0.39 is 0 Å². The number of hydrogen-bond acceptors (Lipinski definition) is 9. The second kappa shape index (κ2) is 8.37. The van der Waals surface area contributed by atoms with Crippen LogP contribution in [0.1, 0.15) is 18.2 Å². The number of rotatable bonds is 7. The van der Waals surface area contributed by atoms with Gasteiger partial charge in [-0.25, -0.2) is 9.97 Å². The van der Waals surface area contributed by atoms with Crippen molar-refractivity contribution in [1.82, 2.24) is 20.2 Å². The number of thioether (sulfide) groups is 1. The zero-order valence-corrected chi connectivity index (χ0v) is 16.1. The first-order chi connectivity index (χ1) is 12.1. The second-order valence-electron chi connectivity index (χ2n) is 5.02. The fourth-order valence-electron chi connectivity index (χ4n) is 1.93. The first kappa shape index (κ1) is 17.8. The zero-order chi connectivity index (χ0) is 17.6. The third-order valence-electron chi connectivity index (χ3n) is 2.96. The molecule has 0 aliphatic rings. The van der Waals surface area contributed by atoms with Crippen LogP contribution in [0, 0.1) is 6.92 Å². The first-order valence-electron chi connectivity index (χ1n) is 7.52. The number of pyridine rings is 1. The molecule has 0 aliphatic carbocycles. The molecule has 3 aromatic heterocycles. The maximum Gasteiger partial charge on any atom is 0.232 e. The van der Waals surface area contributed by atoms with Crippen molar-refractivity contribution in [2.24, 2.45) is 0 Å². The summed E-state index contributed by atoms with van der Waals surface area (Å²) in [4.78, 5) is 20.8. The van der Waals surface area contributed by atoms with Crippen LogP contribution in [-0.4, -0.2) is 31.8 Å². The zero-order valence-electron chi connectivity index (χ0n) is 13.6. The van der Waals surface area contributed by atoms with Crippen LogP contribution in [0.3, 0.4) is 0 Å². The van der Waals surface area contributed by atoms with Crippen LogP contribution in [0.15, 0.2) is 28.0 Å². The fraction of sp³-hybridized carbons (Fsp3) is 0.267. The Morgan fingerprint density at radius 2 is 2.20 bits per heavy atom. The molecule has 0 aromatic carbocycles. The highest BCUT2D eigenvalue weighted by Gasteiger charge is 2.11. The monoisotopic (exact) mass is 392 g/mol. The Bertz CT molecular complexity index is 862. The van der Waals surface area contributed by atoms with E-state index in [2.05, 4.69) is 30.8 Å². The molecule has 3 heterocycles. The fourth-order valence-corrected chi connectivity index (χ4v) is 4.31. The summed E-state index contributed by atoms with van der Waals surface area (Å²) in [6.07, 6.45) is 1.93. The van der Waals surface area contributed by atoms with Gasteiger partial charge in [-0.1, -0.05) is 30.0 Å². The molecule has 1 amide bonds. The van der Waals surface area contributed by atoms with Crippen LogP contribution in [0.5, 0.6) is 0 Å². The maximum atomic E-state index is 12.1. The number of amides is 1. The summed E-state index contributed by atoms with van der Waals surface area (Å²) < 4.78 is 0.851. The minimum absolute atomic E-state index is 0.158. The highest BCUT2D eigenvalue weighted by atomic mass is 32.2. The molecule has 3 rings (SSSR count). The van der Waals surface area contributed by atoms with Crippen LogP contribution >= 0.6 is 34.4 Å². The Morgan fingerprint density at radius 1 is 1.32 bits per heavy atom. The summed E-state index contributed by atoms with van der Waals surface area (Å²) in [6.45, 7) is 4.05. The lowest BCUT2D eigenvalue weighted by molar-refractivity contribution is -0.115. The van der Waals surface area contributed by atoms with Crippen molar-refractivity contribution in [1.29, 1.82) is 0 Å². The molecule has 0 saturated heterocycles. The summed E-state index contributed by atoms with van der Waals surface area (Å²) in [5.74, 6) is 1.50. The Balaban J connectivity index is 1.56. The lowest BCUT2D eigenvalue weighted by atomic mass is 10.3. The van der Waals surface area contributed by atoms with Gasteiger partial charge in [-0.05, 0) is 30.4 Å². The summed E-state index contributed by atoms with van der Waals surface area (Å²) in [7, 11) is 0. The van der Waals surface area contributed by atoms with Crippen LogP contribution in [-0.2, 0) is 11.2 Å². The van der Waals surface area contributed by atoms with Gasteiger partial charge in [0.1, 0.15) is 5.82 Å². The van der Waals surface area contributed by atoms with Crippen molar-refractivity contribution >= 4 is 56.4 Å². The molecule has 0 bridgehead atoms. The quantitative estimate of drug-likeness (QED) is 0.467. The van der Waals surface area contributed by atoms with E-state index in [1.165, 1.54) is 22.7 Å². The van der Waals surface area contributed by atoms with E-state index in [4.69, 9.17) is 0 Å². The number of carbonyl (C=O) groups is 1. The number of hydrogen-bond donors (Lipinski definition) is 2. The summed E-state index contributed by atoms with van der Waals surface area (Å²) in [5, 5.41) is 17.0. The van der Waals surface area contributed by atoms with Gasteiger partial charge in [-0.2, -0.15) is 0 Å². The van der Waals surface area contributed by atoms with Crippen molar-refractivity contribution in [3.8, 4) is 0 Å². The lowest BCUT2D eigenvalue weighted by Gasteiger charge is -2.01. The number of nitrogens with one attached hydrogen (secondary N) is 2. The number of anilines is 3. The SMILES string of the molecule is CCSc1nnc(NC(=O)Cc2csc(Nc3cc(C)ccn3)n2)s1. The molecule has 25 heavy (non-hydrogen) atoms. The largest absolute Gasteiger partial charge is 0.316 e. The molecule has 0 radical (unpaired) electrons. The van der Waals surface area contributed by atoms with Gasteiger partial charge in [0.15, 0.2) is 9.47 Å². The third kappa shape index (κ3) is 5.21. The number of nitrogens with zero attached hydrogens (tertiary/aromatic N) is 4.